The molecule has 0 aliphatic rings. The van der Waals surface area contributed by atoms with E-state index in [0.717, 1.165) is 19.4 Å². The first-order valence-corrected chi connectivity index (χ1v) is 5.85. The Kier molecular flexibility index (Phi) is 30.2. The molecule has 16 heavy (non-hydrogen) atoms. The van der Waals surface area contributed by atoms with Gasteiger partial charge in [-0.1, -0.05) is 30.7 Å². The number of hydrogen-bond acceptors (Lipinski definition) is 2. The zero-order valence-corrected chi connectivity index (χ0v) is 11.7. The molecule has 0 aliphatic carbocycles. The smallest absolute Gasteiger partial charge is 0.0176 e. The molecular formula is C14H30N2. The van der Waals surface area contributed by atoms with Crippen LogP contribution in [0.1, 0.15) is 40.5 Å². The number of nitrogens with two attached hydrogens (primary N) is 1. The van der Waals surface area contributed by atoms with Gasteiger partial charge in [-0.3, -0.25) is 0 Å². The van der Waals surface area contributed by atoms with Gasteiger partial charge in [-0.05, 0) is 46.9 Å². The molecule has 96 valence electrons. The molecule has 0 aromatic heterocycles. The fourth-order valence-electron chi connectivity index (χ4n) is 0.610. The molecule has 0 saturated heterocycles. The number of nitrogens with one attached hydrogen (secondary N) is 1. The van der Waals surface area contributed by atoms with E-state index in [1.807, 2.05) is 19.2 Å². The van der Waals surface area contributed by atoms with Gasteiger partial charge in [-0.25, -0.2) is 0 Å². The van der Waals surface area contributed by atoms with E-state index in [1.165, 1.54) is 12.6 Å². The lowest BCUT2D eigenvalue weighted by molar-refractivity contribution is 0.843. The summed E-state index contributed by atoms with van der Waals surface area (Å²) in [6.45, 7) is 12.8. The van der Waals surface area contributed by atoms with E-state index < -0.39 is 0 Å². The van der Waals surface area contributed by atoms with Gasteiger partial charge in [0.1, 0.15) is 0 Å². The largest absolute Gasteiger partial charge is 0.391 e. The third kappa shape index (κ3) is 38.2. The molecule has 0 spiro atoms. The van der Waals surface area contributed by atoms with Crippen LogP contribution in [0.3, 0.4) is 0 Å². The minimum atomic E-state index is 1.04. The number of hydrogen-bond donors (Lipinski definition) is 2. The Labute approximate surface area is 102 Å². The van der Waals surface area contributed by atoms with Gasteiger partial charge in [0, 0.05) is 6.54 Å². The van der Waals surface area contributed by atoms with Crippen molar-refractivity contribution in [1.82, 2.24) is 5.32 Å². The summed E-state index contributed by atoms with van der Waals surface area (Å²) in [6, 6.07) is 0. The van der Waals surface area contributed by atoms with Crippen LogP contribution in [0.5, 0.6) is 0 Å². The van der Waals surface area contributed by atoms with Crippen LogP contribution < -0.4 is 11.1 Å². The Hall–Kier alpha value is -1.02. The molecule has 0 rings (SSSR count). The fraction of sp³-hybridized carbons (Fsp3) is 0.571. The van der Waals surface area contributed by atoms with Crippen LogP contribution in [0.4, 0.5) is 0 Å². The summed E-state index contributed by atoms with van der Waals surface area (Å²) in [6.07, 6.45) is 10.3. The summed E-state index contributed by atoms with van der Waals surface area (Å²) in [5.74, 6) is 0. The van der Waals surface area contributed by atoms with Crippen molar-refractivity contribution in [3.8, 4) is 0 Å². The third-order valence-electron chi connectivity index (χ3n) is 1.37. The lowest BCUT2D eigenvalue weighted by atomic mass is 10.3. The molecule has 2 nitrogen and oxygen atoms in total. The summed E-state index contributed by atoms with van der Waals surface area (Å²) < 4.78 is 0. The van der Waals surface area contributed by atoms with Gasteiger partial charge in [0.15, 0.2) is 0 Å². The van der Waals surface area contributed by atoms with Crippen molar-refractivity contribution in [3.63, 3.8) is 0 Å². The molecule has 0 amide bonds. The molecule has 0 unspecified atom stereocenters. The van der Waals surface area contributed by atoms with Crippen molar-refractivity contribution in [1.29, 1.82) is 0 Å². The summed E-state index contributed by atoms with van der Waals surface area (Å²) >= 11 is 0. The molecule has 0 radical (unpaired) electrons. The van der Waals surface area contributed by atoms with E-state index in [-0.39, 0.29) is 0 Å². The predicted octanol–water partition coefficient (Wildman–Crippen LogP) is 3.62. The van der Waals surface area contributed by atoms with Crippen LogP contribution in [0.15, 0.2) is 36.6 Å². The number of allylic oxidation sites excluding steroid dienone is 3. The van der Waals surface area contributed by atoms with Gasteiger partial charge in [0.25, 0.3) is 0 Å². The molecule has 0 aromatic rings. The highest BCUT2D eigenvalue weighted by atomic mass is 14.8. The van der Waals surface area contributed by atoms with E-state index in [4.69, 9.17) is 0 Å². The Morgan fingerprint density at radius 2 is 1.81 bits per heavy atom. The molecule has 0 fully saturated rings. The van der Waals surface area contributed by atoms with Gasteiger partial charge in [-0.15, -0.1) is 6.58 Å². The predicted molar refractivity (Wildman–Crippen MR) is 77.5 cm³/mol. The first-order valence-electron chi connectivity index (χ1n) is 5.85. The molecular weight excluding hydrogens is 196 g/mol. The van der Waals surface area contributed by atoms with Crippen molar-refractivity contribution in [3.05, 3.63) is 36.6 Å². The minimum absolute atomic E-state index is 1.04. The van der Waals surface area contributed by atoms with Crippen LogP contribution in [-0.4, -0.2) is 13.6 Å². The van der Waals surface area contributed by atoms with E-state index in [9.17, 15) is 0 Å². The topological polar surface area (TPSA) is 38.0 Å². The first-order chi connectivity index (χ1) is 7.68. The average molecular weight is 226 g/mol. The number of rotatable bonds is 5. The molecule has 0 aromatic carbocycles. The Bertz CT molecular complexity index is 166. The summed E-state index contributed by atoms with van der Waals surface area (Å²) in [5, 5.41) is 3.21. The van der Waals surface area contributed by atoms with Crippen molar-refractivity contribution in [2.45, 2.75) is 40.5 Å². The van der Waals surface area contributed by atoms with E-state index >= 15 is 0 Å². The monoisotopic (exact) mass is 226 g/mol. The lowest BCUT2D eigenvalue weighted by Crippen LogP contribution is -2.05. The van der Waals surface area contributed by atoms with Crippen molar-refractivity contribution < 1.29 is 0 Å². The molecule has 0 heterocycles. The summed E-state index contributed by atoms with van der Waals surface area (Å²) in [4.78, 5) is 0. The quantitative estimate of drug-likeness (QED) is 0.555. The minimum Gasteiger partial charge on any atom is -0.391 e. The zero-order chi connectivity index (χ0) is 13.2. The molecule has 0 atom stereocenters. The molecule has 0 saturated carbocycles. The van der Waals surface area contributed by atoms with Crippen LogP contribution in [0.2, 0.25) is 0 Å². The lowest BCUT2D eigenvalue weighted by Gasteiger charge is -1.96. The summed E-state index contributed by atoms with van der Waals surface area (Å²) in [7, 11) is 1.50. The van der Waals surface area contributed by atoms with Gasteiger partial charge in [0.2, 0.25) is 0 Å². The van der Waals surface area contributed by atoms with E-state index in [0.29, 0.717) is 0 Å². The Morgan fingerprint density at radius 1 is 1.31 bits per heavy atom. The maximum absolute atomic E-state index is 4.50. The van der Waals surface area contributed by atoms with E-state index in [2.05, 4.69) is 50.6 Å². The van der Waals surface area contributed by atoms with Crippen molar-refractivity contribution in [2.75, 3.05) is 13.6 Å². The van der Waals surface area contributed by atoms with Gasteiger partial charge >= 0.3 is 0 Å². The SMILES string of the molecule is C/C=C\CCNC=C(C)C.C=CCC.CN. The first kappa shape index (κ1) is 20.4. The van der Waals surface area contributed by atoms with Crippen LogP contribution in [0.25, 0.3) is 0 Å². The van der Waals surface area contributed by atoms with Crippen LogP contribution in [-0.2, 0) is 0 Å². The molecule has 0 aliphatic heterocycles. The Morgan fingerprint density at radius 3 is 2.12 bits per heavy atom. The van der Waals surface area contributed by atoms with Gasteiger partial charge in [-0.2, -0.15) is 0 Å². The average Bonchev–Trinajstić information content (AvgIpc) is 2.31. The van der Waals surface area contributed by atoms with E-state index in [1.54, 1.807) is 0 Å². The van der Waals surface area contributed by atoms with Crippen molar-refractivity contribution >= 4 is 0 Å². The maximum Gasteiger partial charge on any atom is 0.0176 e. The highest BCUT2D eigenvalue weighted by molar-refractivity contribution is 4.91. The summed E-state index contributed by atoms with van der Waals surface area (Å²) in [5.41, 5.74) is 5.82. The molecule has 0 bridgehead atoms. The van der Waals surface area contributed by atoms with Crippen molar-refractivity contribution in [2.24, 2.45) is 5.73 Å². The zero-order valence-electron chi connectivity index (χ0n) is 11.7. The highest BCUT2D eigenvalue weighted by Gasteiger charge is 1.77. The maximum atomic E-state index is 4.50. The highest BCUT2D eigenvalue weighted by Crippen LogP contribution is 1.85. The van der Waals surface area contributed by atoms with Gasteiger partial charge in [0.05, 0.1) is 0 Å². The normalized spacial score (nSPS) is 8.12. The second-order valence-electron chi connectivity index (χ2n) is 3.23. The Balaban J connectivity index is -0.000000237. The second kappa shape index (κ2) is 23.6. The molecule has 3 N–H and O–H groups in total. The van der Waals surface area contributed by atoms with Crippen LogP contribution >= 0.6 is 0 Å². The second-order valence-corrected chi connectivity index (χ2v) is 3.23. The third-order valence-corrected chi connectivity index (χ3v) is 1.37. The standard InChI is InChI=1S/C9H17N.C4H8.CH5N/c1-4-5-6-7-10-8-9(2)3;1-3-4-2;1-2/h4-5,8,10H,6-7H2,1-3H3;3H,1,4H2,2H3;2H2,1H3/b5-4-;;. The van der Waals surface area contributed by atoms with Gasteiger partial charge < -0.3 is 11.1 Å². The molecule has 2 heteroatoms. The van der Waals surface area contributed by atoms with Crippen LogP contribution in [0, 0.1) is 0 Å². The fourth-order valence-corrected chi connectivity index (χ4v) is 0.610.